The van der Waals surface area contributed by atoms with E-state index in [1.54, 1.807) is 7.11 Å². The monoisotopic (exact) mass is 319 g/mol. The van der Waals surface area contributed by atoms with Crippen LogP contribution in [0.1, 0.15) is 17.2 Å². The van der Waals surface area contributed by atoms with Gasteiger partial charge >= 0.3 is 0 Å². The number of benzene rings is 2. The predicted octanol–water partition coefficient (Wildman–Crippen LogP) is 3.96. The van der Waals surface area contributed by atoms with Gasteiger partial charge in [0.1, 0.15) is 5.75 Å². The van der Waals surface area contributed by atoms with E-state index in [1.807, 2.05) is 25.2 Å². The second kappa shape index (κ2) is 6.73. The van der Waals surface area contributed by atoms with E-state index in [1.165, 1.54) is 11.1 Å². The molecule has 0 aliphatic carbocycles. The topological polar surface area (TPSA) is 21.3 Å². The van der Waals surface area contributed by atoms with Crippen LogP contribution in [0.3, 0.4) is 0 Å². The third-order valence-electron chi connectivity index (χ3n) is 3.21. The van der Waals surface area contributed by atoms with Crippen molar-refractivity contribution in [3.05, 3.63) is 64.1 Å². The summed E-state index contributed by atoms with van der Waals surface area (Å²) in [4.78, 5) is 0. The quantitative estimate of drug-likeness (QED) is 0.900. The Morgan fingerprint density at radius 3 is 2.53 bits per heavy atom. The molecule has 1 atom stereocenters. The van der Waals surface area contributed by atoms with Crippen LogP contribution in [0, 0.1) is 0 Å². The summed E-state index contributed by atoms with van der Waals surface area (Å²) >= 11 is 3.62. The molecule has 1 N–H and O–H groups in total. The highest BCUT2D eigenvalue weighted by Gasteiger charge is 2.14. The van der Waals surface area contributed by atoms with Crippen molar-refractivity contribution in [2.75, 3.05) is 14.2 Å². The summed E-state index contributed by atoms with van der Waals surface area (Å²) in [5.41, 5.74) is 2.53. The molecule has 2 nitrogen and oxygen atoms in total. The van der Waals surface area contributed by atoms with E-state index in [9.17, 15) is 0 Å². The van der Waals surface area contributed by atoms with Crippen LogP contribution in [0.2, 0.25) is 0 Å². The van der Waals surface area contributed by atoms with Crippen LogP contribution in [0.25, 0.3) is 0 Å². The molecule has 2 aromatic rings. The number of methoxy groups -OCH3 is 1. The predicted molar refractivity (Wildman–Crippen MR) is 82.6 cm³/mol. The van der Waals surface area contributed by atoms with Gasteiger partial charge in [-0.05, 0) is 42.8 Å². The number of rotatable bonds is 5. The summed E-state index contributed by atoms with van der Waals surface area (Å²) in [5, 5.41) is 3.37. The van der Waals surface area contributed by atoms with E-state index in [2.05, 4.69) is 51.6 Å². The molecule has 2 rings (SSSR count). The fourth-order valence-corrected chi connectivity index (χ4v) is 2.66. The van der Waals surface area contributed by atoms with Crippen molar-refractivity contribution in [2.45, 2.75) is 12.5 Å². The number of likely N-dealkylation sites (N-methyl/N-ethyl adjacent to an activating group) is 1. The third-order valence-corrected chi connectivity index (χ3v) is 3.93. The molecule has 100 valence electrons. The van der Waals surface area contributed by atoms with Crippen LogP contribution in [0.5, 0.6) is 5.75 Å². The number of hydrogen-bond acceptors (Lipinski definition) is 2. The average Bonchev–Trinajstić information content (AvgIpc) is 2.47. The van der Waals surface area contributed by atoms with Crippen LogP contribution in [-0.2, 0) is 6.42 Å². The molecule has 0 aromatic heterocycles. The highest BCUT2D eigenvalue weighted by atomic mass is 79.9. The zero-order valence-corrected chi connectivity index (χ0v) is 12.8. The fourth-order valence-electron chi connectivity index (χ4n) is 2.13. The lowest BCUT2D eigenvalue weighted by Gasteiger charge is -2.19. The summed E-state index contributed by atoms with van der Waals surface area (Å²) in [6, 6.07) is 16.8. The minimum Gasteiger partial charge on any atom is -0.497 e. The Bertz CT molecular complexity index is 528. The molecule has 0 amide bonds. The maximum Gasteiger partial charge on any atom is 0.119 e. The first-order valence-corrected chi connectivity index (χ1v) is 7.08. The van der Waals surface area contributed by atoms with E-state index < -0.39 is 0 Å². The summed E-state index contributed by atoms with van der Waals surface area (Å²) in [7, 11) is 3.68. The molecule has 3 heteroatoms. The van der Waals surface area contributed by atoms with E-state index in [0.29, 0.717) is 0 Å². The Kier molecular flexibility index (Phi) is 5.00. The molecular weight excluding hydrogens is 302 g/mol. The maximum absolute atomic E-state index is 5.31. The van der Waals surface area contributed by atoms with Crippen molar-refractivity contribution in [1.82, 2.24) is 5.32 Å². The lowest BCUT2D eigenvalue weighted by atomic mass is 9.99. The molecule has 2 aromatic carbocycles. The van der Waals surface area contributed by atoms with E-state index in [4.69, 9.17) is 4.74 Å². The van der Waals surface area contributed by atoms with Crippen molar-refractivity contribution in [2.24, 2.45) is 0 Å². The fraction of sp³-hybridized carbons (Fsp3) is 0.250. The van der Waals surface area contributed by atoms with Crippen LogP contribution < -0.4 is 10.1 Å². The van der Waals surface area contributed by atoms with Gasteiger partial charge in [0.15, 0.2) is 0 Å². The SMILES string of the molecule is CNC(Cc1ccccc1)c1cc(OC)ccc1Br. The minimum atomic E-state index is 0.256. The van der Waals surface area contributed by atoms with E-state index in [-0.39, 0.29) is 6.04 Å². The van der Waals surface area contributed by atoms with Crippen molar-refractivity contribution in [1.29, 1.82) is 0 Å². The maximum atomic E-state index is 5.31. The molecule has 0 fully saturated rings. The molecule has 0 saturated carbocycles. The van der Waals surface area contributed by atoms with E-state index >= 15 is 0 Å². The standard InChI is InChI=1S/C16H18BrNO/c1-18-16(10-12-6-4-3-5-7-12)14-11-13(19-2)8-9-15(14)17/h3-9,11,16,18H,10H2,1-2H3. The molecular formula is C16H18BrNO. The minimum absolute atomic E-state index is 0.256. The Balaban J connectivity index is 2.26. The van der Waals surface area contributed by atoms with Gasteiger partial charge in [-0.15, -0.1) is 0 Å². The number of nitrogens with one attached hydrogen (secondary N) is 1. The zero-order valence-electron chi connectivity index (χ0n) is 11.2. The van der Waals surface area contributed by atoms with Gasteiger partial charge in [-0.2, -0.15) is 0 Å². The first-order valence-electron chi connectivity index (χ1n) is 6.29. The highest BCUT2D eigenvalue weighted by Crippen LogP contribution is 2.29. The van der Waals surface area contributed by atoms with Gasteiger partial charge in [-0.1, -0.05) is 46.3 Å². The largest absolute Gasteiger partial charge is 0.497 e. The molecule has 19 heavy (non-hydrogen) atoms. The number of hydrogen-bond donors (Lipinski definition) is 1. The van der Waals surface area contributed by atoms with Crippen LogP contribution in [-0.4, -0.2) is 14.2 Å². The molecule has 1 unspecified atom stereocenters. The van der Waals surface area contributed by atoms with Crippen molar-refractivity contribution in [3.8, 4) is 5.75 Å². The summed E-state index contributed by atoms with van der Waals surface area (Å²) in [5.74, 6) is 0.881. The Hall–Kier alpha value is -1.32. The van der Waals surface area contributed by atoms with Crippen molar-refractivity contribution >= 4 is 15.9 Å². The van der Waals surface area contributed by atoms with Gasteiger partial charge in [-0.3, -0.25) is 0 Å². The Morgan fingerprint density at radius 1 is 1.16 bits per heavy atom. The molecule has 0 bridgehead atoms. The molecule has 0 aliphatic rings. The smallest absolute Gasteiger partial charge is 0.119 e. The number of halogens is 1. The summed E-state index contributed by atoms with van der Waals surface area (Å²) in [6.07, 6.45) is 0.948. The van der Waals surface area contributed by atoms with Crippen LogP contribution in [0.4, 0.5) is 0 Å². The molecule has 0 saturated heterocycles. The first-order chi connectivity index (χ1) is 9.24. The van der Waals surface area contributed by atoms with Crippen molar-refractivity contribution < 1.29 is 4.74 Å². The van der Waals surface area contributed by atoms with Gasteiger partial charge in [0, 0.05) is 10.5 Å². The summed E-state index contributed by atoms with van der Waals surface area (Å²) in [6.45, 7) is 0. The normalized spacial score (nSPS) is 12.2. The van der Waals surface area contributed by atoms with Gasteiger partial charge < -0.3 is 10.1 Å². The van der Waals surface area contributed by atoms with Crippen LogP contribution >= 0.6 is 15.9 Å². The Morgan fingerprint density at radius 2 is 1.89 bits per heavy atom. The second-order valence-corrected chi connectivity index (χ2v) is 5.27. The second-order valence-electron chi connectivity index (χ2n) is 4.42. The lowest BCUT2D eigenvalue weighted by Crippen LogP contribution is -2.19. The van der Waals surface area contributed by atoms with Gasteiger partial charge in [0.2, 0.25) is 0 Å². The zero-order chi connectivity index (χ0) is 13.7. The molecule has 0 heterocycles. The van der Waals surface area contributed by atoms with Gasteiger partial charge in [-0.25, -0.2) is 0 Å². The first kappa shape index (κ1) is 14.1. The van der Waals surface area contributed by atoms with E-state index in [0.717, 1.165) is 16.6 Å². The van der Waals surface area contributed by atoms with Crippen molar-refractivity contribution in [3.63, 3.8) is 0 Å². The Labute approximate surface area is 122 Å². The van der Waals surface area contributed by atoms with Gasteiger partial charge in [0.25, 0.3) is 0 Å². The average molecular weight is 320 g/mol. The van der Waals surface area contributed by atoms with Gasteiger partial charge in [0.05, 0.1) is 7.11 Å². The third kappa shape index (κ3) is 3.58. The lowest BCUT2D eigenvalue weighted by molar-refractivity contribution is 0.413. The highest BCUT2D eigenvalue weighted by molar-refractivity contribution is 9.10. The number of ether oxygens (including phenoxy) is 1. The molecule has 0 radical (unpaired) electrons. The van der Waals surface area contributed by atoms with Crippen LogP contribution in [0.15, 0.2) is 53.0 Å². The summed E-state index contributed by atoms with van der Waals surface area (Å²) < 4.78 is 6.41. The molecule has 0 spiro atoms. The molecule has 0 aliphatic heterocycles.